The SMILES string of the molecule is CCOC(=O)CN1CCN(C(CC(=O)OC)C(=O)OC)CCN(CC(=O)OCC)Cc2cccc(n2)C1. The van der Waals surface area contributed by atoms with E-state index in [9.17, 15) is 19.2 Å². The summed E-state index contributed by atoms with van der Waals surface area (Å²) in [4.78, 5) is 59.7. The number of hydrogen-bond acceptors (Lipinski definition) is 12. The van der Waals surface area contributed by atoms with Crippen molar-refractivity contribution < 1.29 is 38.1 Å². The summed E-state index contributed by atoms with van der Waals surface area (Å²) >= 11 is 0. The van der Waals surface area contributed by atoms with Crippen LogP contribution in [0.25, 0.3) is 0 Å². The lowest BCUT2D eigenvalue weighted by Gasteiger charge is -2.34. The first-order valence-electron chi connectivity index (χ1n) is 12.4. The Morgan fingerprint density at radius 3 is 1.76 bits per heavy atom. The third-order valence-corrected chi connectivity index (χ3v) is 5.86. The summed E-state index contributed by atoms with van der Waals surface area (Å²) in [5.41, 5.74) is 1.51. The molecule has 1 aliphatic rings. The molecule has 0 amide bonds. The molecule has 1 aromatic rings. The van der Waals surface area contributed by atoms with E-state index in [0.717, 1.165) is 11.4 Å². The summed E-state index contributed by atoms with van der Waals surface area (Å²) < 4.78 is 20.1. The molecule has 2 bridgehead atoms. The van der Waals surface area contributed by atoms with Crippen LogP contribution in [-0.4, -0.2) is 116 Å². The van der Waals surface area contributed by atoms with Gasteiger partial charge in [-0.3, -0.25) is 38.9 Å². The van der Waals surface area contributed by atoms with E-state index in [1.54, 1.807) is 13.8 Å². The minimum absolute atomic E-state index is 0.0441. The summed E-state index contributed by atoms with van der Waals surface area (Å²) in [7, 11) is 2.53. The molecule has 0 radical (unpaired) electrons. The zero-order chi connectivity index (χ0) is 27.2. The Hall–Kier alpha value is -3.09. The number of carbonyl (C=O) groups is 4. The first-order valence-corrected chi connectivity index (χ1v) is 12.4. The second kappa shape index (κ2) is 15.9. The molecule has 0 saturated heterocycles. The Bertz CT molecular complexity index is 863. The van der Waals surface area contributed by atoms with Gasteiger partial charge >= 0.3 is 23.9 Å². The molecule has 0 N–H and O–H groups in total. The number of nitrogens with zero attached hydrogens (tertiary/aromatic N) is 4. The second-order valence-corrected chi connectivity index (χ2v) is 8.51. The number of fused-ring (bicyclic) bond motifs is 2. The average Bonchev–Trinajstić information content (AvgIpc) is 2.86. The lowest BCUT2D eigenvalue weighted by atomic mass is 10.1. The van der Waals surface area contributed by atoms with Crippen molar-refractivity contribution in [2.24, 2.45) is 0 Å². The molecular weight excluding hydrogens is 484 g/mol. The predicted molar refractivity (Wildman–Crippen MR) is 132 cm³/mol. The van der Waals surface area contributed by atoms with E-state index in [-0.39, 0.29) is 44.7 Å². The monoisotopic (exact) mass is 522 g/mol. The number of rotatable bonds is 10. The molecule has 0 spiro atoms. The zero-order valence-corrected chi connectivity index (χ0v) is 22.1. The number of esters is 4. The summed E-state index contributed by atoms with van der Waals surface area (Å²) in [6, 6.07) is 4.74. The largest absolute Gasteiger partial charge is 0.469 e. The van der Waals surface area contributed by atoms with E-state index in [1.807, 2.05) is 32.9 Å². The summed E-state index contributed by atoms with van der Waals surface area (Å²) in [6.45, 7) is 6.31. The molecule has 0 fully saturated rings. The van der Waals surface area contributed by atoms with Gasteiger partial charge in [-0.05, 0) is 26.0 Å². The van der Waals surface area contributed by atoms with Gasteiger partial charge in [-0.15, -0.1) is 0 Å². The molecule has 0 saturated carbocycles. The predicted octanol–water partition coefficient (Wildman–Crippen LogP) is 0.232. The number of hydrogen-bond donors (Lipinski definition) is 0. The van der Waals surface area contributed by atoms with Gasteiger partial charge in [0.2, 0.25) is 0 Å². The van der Waals surface area contributed by atoms with Crippen molar-refractivity contribution in [1.82, 2.24) is 19.7 Å². The van der Waals surface area contributed by atoms with Gasteiger partial charge in [-0.25, -0.2) is 0 Å². The number of aromatic nitrogens is 1. The van der Waals surface area contributed by atoms with Gasteiger partial charge in [0.15, 0.2) is 0 Å². The molecule has 2 rings (SSSR count). The van der Waals surface area contributed by atoms with Crippen LogP contribution in [0.5, 0.6) is 0 Å². The maximum atomic E-state index is 12.7. The molecule has 12 heteroatoms. The first kappa shape index (κ1) is 30.1. The van der Waals surface area contributed by atoms with Crippen LogP contribution in [0, 0.1) is 0 Å². The molecule has 2 heterocycles. The van der Waals surface area contributed by atoms with Crippen LogP contribution < -0.4 is 0 Å². The number of pyridine rings is 1. The maximum absolute atomic E-state index is 12.7. The fraction of sp³-hybridized carbons (Fsp3) is 0.640. The molecule has 206 valence electrons. The highest BCUT2D eigenvalue weighted by Crippen LogP contribution is 2.13. The van der Waals surface area contributed by atoms with E-state index < -0.39 is 18.0 Å². The Morgan fingerprint density at radius 1 is 0.811 bits per heavy atom. The molecule has 0 aliphatic carbocycles. The van der Waals surface area contributed by atoms with Crippen molar-refractivity contribution in [3.05, 3.63) is 29.6 Å². The van der Waals surface area contributed by atoms with Crippen LogP contribution >= 0.6 is 0 Å². The van der Waals surface area contributed by atoms with Crippen molar-refractivity contribution in [3.8, 4) is 0 Å². The topological polar surface area (TPSA) is 128 Å². The van der Waals surface area contributed by atoms with Crippen LogP contribution in [0.4, 0.5) is 0 Å². The van der Waals surface area contributed by atoms with Gasteiger partial charge < -0.3 is 18.9 Å². The Balaban J connectivity index is 2.39. The van der Waals surface area contributed by atoms with Gasteiger partial charge in [0.05, 0.1) is 58.3 Å². The van der Waals surface area contributed by atoms with Gasteiger partial charge in [0.25, 0.3) is 0 Å². The van der Waals surface area contributed by atoms with Crippen molar-refractivity contribution in [3.63, 3.8) is 0 Å². The quantitative estimate of drug-likeness (QED) is 0.308. The maximum Gasteiger partial charge on any atom is 0.323 e. The normalized spacial score (nSPS) is 16.5. The number of carbonyl (C=O) groups excluding carboxylic acids is 4. The number of ether oxygens (including phenoxy) is 4. The summed E-state index contributed by atoms with van der Waals surface area (Å²) in [5.74, 6) is -1.85. The zero-order valence-electron chi connectivity index (χ0n) is 22.1. The van der Waals surface area contributed by atoms with Crippen molar-refractivity contribution in [2.75, 3.05) is 66.7 Å². The van der Waals surface area contributed by atoms with Crippen molar-refractivity contribution in [1.29, 1.82) is 0 Å². The molecule has 0 aromatic carbocycles. The summed E-state index contributed by atoms with van der Waals surface area (Å²) in [6.07, 6.45) is -0.195. The molecular formula is C25H38N4O8. The fourth-order valence-electron chi connectivity index (χ4n) is 4.07. The van der Waals surface area contributed by atoms with Crippen LogP contribution in [0.3, 0.4) is 0 Å². The van der Waals surface area contributed by atoms with E-state index in [2.05, 4.69) is 0 Å². The second-order valence-electron chi connectivity index (χ2n) is 8.51. The Kier molecular flexibility index (Phi) is 12.9. The van der Waals surface area contributed by atoms with E-state index in [4.69, 9.17) is 23.9 Å². The molecule has 1 aliphatic heterocycles. The van der Waals surface area contributed by atoms with E-state index in [0.29, 0.717) is 39.3 Å². The van der Waals surface area contributed by atoms with Gasteiger partial charge in [0, 0.05) is 39.3 Å². The van der Waals surface area contributed by atoms with Crippen LogP contribution in [0.1, 0.15) is 31.7 Å². The molecule has 1 atom stereocenters. The fourth-order valence-corrected chi connectivity index (χ4v) is 4.07. The third kappa shape index (κ3) is 10.4. The number of methoxy groups -OCH3 is 2. The Morgan fingerprint density at radius 2 is 1.32 bits per heavy atom. The van der Waals surface area contributed by atoms with E-state index >= 15 is 0 Å². The highest BCUT2D eigenvalue weighted by Gasteiger charge is 2.31. The van der Waals surface area contributed by atoms with Crippen molar-refractivity contribution >= 4 is 23.9 Å². The van der Waals surface area contributed by atoms with E-state index in [1.165, 1.54) is 14.2 Å². The van der Waals surface area contributed by atoms with Crippen LogP contribution in [0.2, 0.25) is 0 Å². The molecule has 12 nitrogen and oxygen atoms in total. The third-order valence-electron chi connectivity index (χ3n) is 5.86. The van der Waals surface area contributed by atoms with Crippen LogP contribution in [-0.2, 0) is 51.2 Å². The standard InChI is InChI=1S/C25H38N4O8/c1-5-36-23(31)17-27-10-12-29(21(25(33)35-4)14-22(30)34-3)13-11-28(18-24(32)37-6-2)16-20-9-7-8-19(15-27)26-20/h7-9,21H,5-6,10-18H2,1-4H3. The average molecular weight is 523 g/mol. The minimum atomic E-state index is -0.898. The first-order chi connectivity index (χ1) is 17.8. The van der Waals surface area contributed by atoms with Gasteiger partial charge in [-0.1, -0.05) is 6.07 Å². The minimum Gasteiger partial charge on any atom is -0.469 e. The molecule has 1 unspecified atom stereocenters. The van der Waals surface area contributed by atoms with Gasteiger partial charge in [0.1, 0.15) is 6.04 Å². The highest BCUT2D eigenvalue weighted by molar-refractivity contribution is 5.82. The lowest BCUT2D eigenvalue weighted by Crippen LogP contribution is -2.50. The van der Waals surface area contributed by atoms with Crippen molar-refractivity contribution in [2.45, 2.75) is 39.4 Å². The van der Waals surface area contributed by atoms with Gasteiger partial charge in [-0.2, -0.15) is 0 Å². The summed E-state index contributed by atoms with van der Waals surface area (Å²) in [5, 5.41) is 0. The lowest BCUT2D eigenvalue weighted by molar-refractivity contribution is -0.154. The smallest absolute Gasteiger partial charge is 0.323 e. The Labute approximate surface area is 217 Å². The molecule has 37 heavy (non-hydrogen) atoms. The molecule has 1 aromatic heterocycles. The van der Waals surface area contributed by atoms with Crippen LogP contribution in [0.15, 0.2) is 18.2 Å². The highest BCUT2D eigenvalue weighted by atomic mass is 16.5.